The van der Waals surface area contributed by atoms with Gasteiger partial charge in [0.25, 0.3) is 0 Å². The van der Waals surface area contributed by atoms with Crippen LogP contribution in [-0.2, 0) is 6.54 Å². The first-order chi connectivity index (χ1) is 13.4. The van der Waals surface area contributed by atoms with Gasteiger partial charge in [-0.1, -0.05) is 18.2 Å². The first-order valence-electron chi connectivity index (χ1n) is 9.27. The lowest BCUT2D eigenvalue weighted by Gasteiger charge is -2.42. The number of Topliss-reactive ketones (excluding diaryl/α,β-unsaturated/α-hetero) is 1. The monoisotopic (exact) mass is 385 g/mol. The maximum Gasteiger partial charge on any atom is 0.182 e. The molecular weight excluding hydrogens is 358 g/mol. The molecule has 6 nitrogen and oxygen atoms in total. The van der Waals surface area contributed by atoms with Crippen LogP contribution in [0, 0.1) is 0 Å². The summed E-state index contributed by atoms with van der Waals surface area (Å²) in [6.07, 6.45) is -0.728. The third-order valence-electron chi connectivity index (χ3n) is 5.18. The predicted molar refractivity (Wildman–Crippen MR) is 106 cm³/mol. The molecule has 0 aliphatic carbocycles. The van der Waals surface area contributed by atoms with Gasteiger partial charge in [-0.15, -0.1) is 0 Å². The average molecular weight is 385 g/mol. The predicted octanol–water partition coefficient (Wildman–Crippen LogP) is 2.92. The van der Waals surface area contributed by atoms with Crippen molar-refractivity contribution >= 4 is 5.78 Å². The summed E-state index contributed by atoms with van der Waals surface area (Å²) in [7, 11) is 3.12. The molecule has 0 fully saturated rings. The van der Waals surface area contributed by atoms with Gasteiger partial charge in [0.1, 0.15) is 18.5 Å². The van der Waals surface area contributed by atoms with Crippen molar-refractivity contribution in [2.75, 3.05) is 27.4 Å². The van der Waals surface area contributed by atoms with Crippen LogP contribution in [0.3, 0.4) is 0 Å². The van der Waals surface area contributed by atoms with Gasteiger partial charge >= 0.3 is 0 Å². The second-order valence-corrected chi connectivity index (χ2v) is 7.41. The van der Waals surface area contributed by atoms with Gasteiger partial charge in [-0.3, -0.25) is 9.69 Å². The summed E-state index contributed by atoms with van der Waals surface area (Å²) in [5.41, 5.74) is 0.743. The third-order valence-corrected chi connectivity index (χ3v) is 5.18. The molecule has 0 unspecified atom stereocenters. The fourth-order valence-corrected chi connectivity index (χ4v) is 3.45. The molecule has 2 aromatic rings. The number of aliphatic hydroxyl groups excluding tert-OH is 1. The topological polar surface area (TPSA) is 68.2 Å². The highest BCUT2D eigenvalue weighted by Crippen LogP contribution is 2.37. The summed E-state index contributed by atoms with van der Waals surface area (Å²) in [6, 6.07) is 12.9. The summed E-state index contributed by atoms with van der Waals surface area (Å²) in [4.78, 5) is 15.1. The summed E-state index contributed by atoms with van der Waals surface area (Å²) >= 11 is 0. The van der Waals surface area contributed by atoms with Gasteiger partial charge in [0.2, 0.25) is 0 Å². The lowest BCUT2D eigenvalue weighted by Crippen LogP contribution is -2.55. The Morgan fingerprint density at radius 1 is 1.11 bits per heavy atom. The largest absolute Gasteiger partial charge is 0.493 e. The second-order valence-electron chi connectivity index (χ2n) is 7.41. The van der Waals surface area contributed by atoms with Gasteiger partial charge in [0, 0.05) is 18.7 Å². The normalized spacial score (nSPS) is 17.0. The number of rotatable bonds is 7. The molecule has 1 atom stereocenters. The van der Waals surface area contributed by atoms with Gasteiger partial charge in [-0.05, 0) is 43.7 Å². The molecule has 1 aliphatic heterocycles. The first-order valence-corrected chi connectivity index (χ1v) is 9.27. The zero-order valence-corrected chi connectivity index (χ0v) is 16.8. The van der Waals surface area contributed by atoms with Crippen LogP contribution in [0.5, 0.6) is 17.2 Å². The average Bonchev–Trinajstić information content (AvgIpc) is 2.70. The van der Waals surface area contributed by atoms with Gasteiger partial charge < -0.3 is 19.3 Å². The van der Waals surface area contributed by atoms with E-state index < -0.39 is 11.6 Å². The molecule has 0 saturated heterocycles. The molecule has 0 amide bonds. The van der Waals surface area contributed by atoms with E-state index >= 15 is 0 Å². The van der Waals surface area contributed by atoms with Crippen LogP contribution < -0.4 is 14.2 Å². The Morgan fingerprint density at radius 2 is 1.75 bits per heavy atom. The van der Waals surface area contributed by atoms with Gasteiger partial charge in [0.05, 0.1) is 19.8 Å². The number of ketones is 1. The number of hydrogen-bond acceptors (Lipinski definition) is 6. The number of fused-ring (bicyclic) bond motifs is 1. The lowest BCUT2D eigenvalue weighted by molar-refractivity contribution is 0.0182. The van der Waals surface area contributed by atoms with Crippen molar-refractivity contribution in [3.05, 3.63) is 53.6 Å². The summed E-state index contributed by atoms with van der Waals surface area (Å²) in [6.45, 7) is 4.75. The number of para-hydroxylation sites is 1. The fourth-order valence-electron chi connectivity index (χ4n) is 3.45. The molecule has 1 N–H and O–H groups in total. The van der Waals surface area contributed by atoms with E-state index in [4.69, 9.17) is 14.2 Å². The summed E-state index contributed by atoms with van der Waals surface area (Å²) in [5.74, 6) is 1.82. The van der Waals surface area contributed by atoms with Crippen molar-refractivity contribution in [2.24, 2.45) is 0 Å². The first kappa shape index (κ1) is 20.2. The number of nitrogens with zero attached hydrogens (tertiary/aromatic N) is 1. The van der Waals surface area contributed by atoms with E-state index in [0.29, 0.717) is 35.9 Å². The van der Waals surface area contributed by atoms with Crippen molar-refractivity contribution in [2.45, 2.75) is 32.0 Å². The molecule has 6 heteroatoms. The number of hydrogen-bond donors (Lipinski definition) is 1. The van der Waals surface area contributed by atoms with E-state index in [-0.39, 0.29) is 12.4 Å². The Morgan fingerprint density at radius 3 is 2.39 bits per heavy atom. The van der Waals surface area contributed by atoms with Crippen LogP contribution in [-0.4, -0.2) is 54.8 Å². The van der Waals surface area contributed by atoms with Crippen molar-refractivity contribution < 1.29 is 24.1 Å². The Hall–Kier alpha value is -2.57. The molecule has 0 bridgehead atoms. The zero-order chi connectivity index (χ0) is 20.3. The van der Waals surface area contributed by atoms with Crippen LogP contribution in [0.25, 0.3) is 0 Å². The Labute approximate surface area is 165 Å². The smallest absolute Gasteiger partial charge is 0.182 e. The molecule has 2 aromatic carbocycles. The number of carbonyl (C=O) groups excluding carboxylic acids is 1. The van der Waals surface area contributed by atoms with Gasteiger partial charge in [0.15, 0.2) is 17.3 Å². The molecule has 0 saturated carbocycles. The van der Waals surface area contributed by atoms with E-state index in [1.165, 1.54) is 0 Å². The molecule has 1 aliphatic rings. The van der Waals surface area contributed by atoms with Crippen molar-refractivity contribution in [3.63, 3.8) is 0 Å². The van der Waals surface area contributed by atoms with Crippen molar-refractivity contribution in [1.29, 1.82) is 0 Å². The van der Waals surface area contributed by atoms with E-state index in [9.17, 15) is 9.90 Å². The van der Waals surface area contributed by atoms with Gasteiger partial charge in [-0.25, -0.2) is 0 Å². The number of methoxy groups -OCH3 is 2. The molecule has 150 valence electrons. The van der Waals surface area contributed by atoms with Crippen LogP contribution in [0.1, 0.15) is 29.8 Å². The second kappa shape index (κ2) is 8.20. The van der Waals surface area contributed by atoms with Crippen LogP contribution in [0.2, 0.25) is 0 Å². The van der Waals surface area contributed by atoms with Crippen LogP contribution >= 0.6 is 0 Å². The minimum absolute atomic E-state index is 0.00844. The highest BCUT2D eigenvalue weighted by atomic mass is 16.5. The number of benzene rings is 2. The molecule has 0 aromatic heterocycles. The lowest BCUT2D eigenvalue weighted by atomic mass is 9.83. The van der Waals surface area contributed by atoms with E-state index in [2.05, 4.69) is 0 Å². The summed E-state index contributed by atoms with van der Waals surface area (Å²) < 4.78 is 16.3. The maximum absolute atomic E-state index is 13.1. The van der Waals surface area contributed by atoms with Crippen molar-refractivity contribution in [1.82, 2.24) is 4.90 Å². The molecule has 0 radical (unpaired) electrons. The fraction of sp³-hybridized carbons (Fsp3) is 0.409. The molecule has 3 rings (SSSR count). The number of ether oxygens (including phenoxy) is 3. The maximum atomic E-state index is 13.1. The SMILES string of the molecule is COc1cc2c(cc1OC)C(=O)C(C)(C)N(C[C@H](O)COc1ccccc1)C2. The zero-order valence-electron chi connectivity index (χ0n) is 16.8. The van der Waals surface area contributed by atoms with Gasteiger partial charge in [-0.2, -0.15) is 0 Å². The molecule has 28 heavy (non-hydrogen) atoms. The molecule has 0 spiro atoms. The van der Waals surface area contributed by atoms with E-state index in [0.717, 1.165) is 5.56 Å². The summed E-state index contributed by atoms with van der Waals surface area (Å²) in [5, 5.41) is 10.5. The Kier molecular flexibility index (Phi) is 5.91. The third kappa shape index (κ3) is 3.98. The quantitative estimate of drug-likeness (QED) is 0.790. The van der Waals surface area contributed by atoms with Crippen LogP contribution in [0.4, 0.5) is 0 Å². The van der Waals surface area contributed by atoms with Crippen molar-refractivity contribution in [3.8, 4) is 17.2 Å². The van der Waals surface area contributed by atoms with E-state index in [1.807, 2.05) is 55.1 Å². The van der Waals surface area contributed by atoms with Crippen LogP contribution in [0.15, 0.2) is 42.5 Å². The molecule has 1 heterocycles. The number of aliphatic hydroxyl groups is 1. The number of carbonyl (C=O) groups is 1. The Bertz CT molecular complexity index is 834. The standard InChI is InChI=1S/C22H27NO5/c1-22(2)21(25)18-11-20(27-4)19(26-3)10-15(18)12-23(22)13-16(24)14-28-17-8-6-5-7-9-17/h5-11,16,24H,12-14H2,1-4H3/t16-/m0/s1. The minimum Gasteiger partial charge on any atom is -0.493 e. The minimum atomic E-state index is -0.750. The highest BCUT2D eigenvalue weighted by molar-refractivity contribution is 6.05. The Balaban J connectivity index is 1.76. The van der Waals surface area contributed by atoms with E-state index in [1.54, 1.807) is 20.3 Å². The number of β-amino-alcohol motifs (C(OH)–C–C–N with tert-alkyl or cyclic N) is 1. The molecular formula is C22H27NO5. The highest BCUT2D eigenvalue weighted by Gasteiger charge is 2.41.